The Morgan fingerprint density at radius 1 is 1.33 bits per heavy atom. The van der Waals surface area contributed by atoms with Crippen LogP contribution in [0.25, 0.3) is 0 Å². The second-order valence-corrected chi connectivity index (χ2v) is 4.82. The zero-order valence-electron chi connectivity index (χ0n) is 10.5. The van der Waals surface area contributed by atoms with Crippen molar-refractivity contribution in [1.82, 2.24) is 15.5 Å². The molecule has 0 unspecified atom stereocenters. The summed E-state index contributed by atoms with van der Waals surface area (Å²) in [7, 11) is 0. The first kappa shape index (κ1) is 13.1. The van der Waals surface area contributed by atoms with E-state index in [4.69, 9.17) is 16.1 Å². The molecule has 4 nitrogen and oxygen atoms in total. The summed E-state index contributed by atoms with van der Waals surface area (Å²) in [6.07, 6.45) is 0.564. The van der Waals surface area contributed by atoms with Crippen LogP contribution in [0.2, 0.25) is 5.02 Å². The monoisotopic (exact) mass is 265 g/mol. The van der Waals surface area contributed by atoms with Crippen LogP contribution in [-0.2, 0) is 13.0 Å². The van der Waals surface area contributed by atoms with Gasteiger partial charge in [-0.15, -0.1) is 0 Å². The number of aromatic nitrogens is 2. The summed E-state index contributed by atoms with van der Waals surface area (Å²) in [5.41, 5.74) is 0.992. The van der Waals surface area contributed by atoms with Crippen LogP contribution in [0.5, 0.6) is 0 Å². The van der Waals surface area contributed by atoms with Gasteiger partial charge < -0.3 is 9.84 Å². The number of hydrogen-bond acceptors (Lipinski definition) is 4. The first-order chi connectivity index (χ1) is 8.65. The minimum Gasteiger partial charge on any atom is -0.339 e. The van der Waals surface area contributed by atoms with E-state index >= 15 is 0 Å². The molecule has 0 bridgehead atoms. The lowest BCUT2D eigenvalue weighted by molar-refractivity contribution is 0.376. The Labute approximate surface area is 111 Å². The highest BCUT2D eigenvalue weighted by Gasteiger charge is 2.09. The maximum atomic E-state index is 6.08. The van der Waals surface area contributed by atoms with Crippen molar-refractivity contribution in [2.45, 2.75) is 32.9 Å². The molecule has 2 aromatic rings. The van der Waals surface area contributed by atoms with Gasteiger partial charge in [-0.05, 0) is 11.6 Å². The van der Waals surface area contributed by atoms with Gasteiger partial charge >= 0.3 is 0 Å². The van der Waals surface area contributed by atoms with Crippen molar-refractivity contribution >= 4 is 11.6 Å². The van der Waals surface area contributed by atoms with E-state index in [2.05, 4.69) is 29.3 Å². The molecule has 1 aromatic carbocycles. The molecule has 0 aliphatic rings. The van der Waals surface area contributed by atoms with Crippen molar-refractivity contribution < 1.29 is 4.52 Å². The van der Waals surface area contributed by atoms with Gasteiger partial charge in [-0.3, -0.25) is 0 Å². The Morgan fingerprint density at radius 2 is 2.11 bits per heavy atom. The highest BCUT2D eigenvalue weighted by molar-refractivity contribution is 6.31. The Bertz CT molecular complexity index is 510. The molecule has 96 valence electrons. The third-order valence-electron chi connectivity index (χ3n) is 2.48. The van der Waals surface area contributed by atoms with Crippen molar-refractivity contribution in [3.05, 3.63) is 46.6 Å². The Morgan fingerprint density at radius 3 is 2.83 bits per heavy atom. The molecule has 5 heteroatoms. The zero-order valence-corrected chi connectivity index (χ0v) is 11.2. The molecule has 0 saturated carbocycles. The van der Waals surface area contributed by atoms with Gasteiger partial charge in [-0.1, -0.05) is 48.8 Å². The quantitative estimate of drug-likeness (QED) is 0.903. The first-order valence-electron chi connectivity index (χ1n) is 5.93. The number of benzene rings is 1. The summed E-state index contributed by atoms with van der Waals surface area (Å²) in [5.74, 6) is 1.26. The molecule has 0 aliphatic heterocycles. The van der Waals surface area contributed by atoms with Gasteiger partial charge in [-0.25, -0.2) is 0 Å². The average Bonchev–Trinajstić information content (AvgIpc) is 2.77. The van der Waals surface area contributed by atoms with Crippen molar-refractivity contribution in [3.63, 3.8) is 0 Å². The van der Waals surface area contributed by atoms with Crippen molar-refractivity contribution in [2.24, 2.45) is 0 Å². The molecular formula is C13H16ClN3O. The predicted octanol–water partition coefficient (Wildman–Crippen LogP) is 2.81. The molecule has 1 N–H and O–H groups in total. The van der Waals surface area contributed by atoms with Gasteiger partial charge in [0.25, 0.3) is 0 Å². The second-order valence-electron chi connectivity index (χ2n) is 4.41. The standard InChI is InChI=1S/C13H16ClN3O/c1-9(2)15-8-12-16-13(18-17-12)7-10-5-3-4-6-11(10)14/h3-6,9,15H,7-8H2,1-2H3. The largest absolute Gasteiger partial charge is 0.339 e. The molecule has 1 aromatic heterocycles. The van der Waals surface area contributed by atoms with E-state index in [9.17, 15) is 0 Å². The Balaban J connectivity index is 2.00. The van der Waals surface area contributed by atoms with Gasteiger partial charge in [0.05, 0.1) is 13.0 Å². The zero-order chi connectivity index (χ0) is 13.0. The maximum Gasteiger partial charge on any atom is 0.231 e. The fourth-order valence-corrected chi connectivity index (χ4v) is 1.74. The van der Waals surface area contributed by atoms with Crippen LogP contribution >= 0.6 is 11.6 Å². The Kier molecular flexibility index (Phi) is 4.33. The molecule has 1 heterocycles. The van der Waals surface area contributed by atoms with E-state index in [0.717, 1.165) is 10.6 Å². The van der Waals surface area contributed by atoms with Crippen LogP contribution in [0.15, 0.2) is 28.8 Å². The van der Waals surface area contributed by atoms with E-state index in [1.54, 1.807) is 0 Å². The van der Waals surface area contributed by atoms with Crippen LogP contribution in [0.3, 0.4) is 0 Å². The van der Waals surface area contributed by atoms with Gasteiger partial charge in [0.1, 0.15) is 0 Å². The van der Waals surface area contributed by atoms with E-state index in [1.807, 2.05) is 24.3 Å². The number of hydrogen-bond donors (Lipinski definition) is 1. The third-order valence-corrected chi connectivity index (χ3v) is 2.85. The second kappa shape index (κ2) is 5.98. The predicted molar refractivity (Wildman–Crippen MR) is 70.5 cm³/mol. The number of nitrogens with zero attached hydrogens (tertiary/aromatic N) is 2. The minimum absolute atomic E-state index is 0.399. The SMILES string of the molecule is CC(C)NCc1noc(Cc2ccccc2Cl)n1. The molecule has 0 atom stereocenters. The summed E-state index contributed by atoms with van der Waals surface area (Å²) >= 11 is 6.08. The number of halogens is 1. The summed E-state index contributed by atoms with van der Waals surface area (Å²) in [6, 6.07) is 8.05. The molecule has 0 fully saturated rings. The van der Waals surface area contributed by atoms with Crippen LogP contribution in [0, 0.1) is 0 Å². The lowest BCUT2D eigenvalue weighted by Crippen LogP contribution is -2.22. The van der Waals surface area contributed by atoms with E-state index in [0.29, 0.717) is 30.7 Å². The topological polar surface area (TPSA) is 51.0 Å². The van der Waals surface area contributed by atoms with Gasteiger partial charge in [-0.2, -0.15) is 4.98 Å². The molecular weight excluding hydrogens is 250 g/mol. The number of rotatable bonds is 5. The average molecular weight is 266 g/mol. The first-order valence-corrected chi connectivity index (χ1v) is 6.31. The molecule has 2 rings (SSSR count). The normalized spacial score (nSPS) is 11.1. The van der Waals surface area contributed by atoms with Crippen molar-refractivity contribution in [2.75, 3.05) is 0 Å². The minimum atomic E-state index is 0.399. The van der Waals surface area contributed by atoms with E-state index in [1.165, 1.54) is 0 Å². The lowest BCUT2D eigenvalue weighted by Gasteiger charge is -2.03. The summed E-state index contributed by atoms with van der Waals surface area (Å²) in [4.78, 5) is 4.32. The molecule has 0 spiro atoms. The number of nitrogens with one attached hydrogen (secondary N) is 1. The van der Waals surface area contributed by atoms with Gasteiger partial charge in [0.15, 0.2) is 5.82 Å². The molecule has 0 radical (unpaired) electrons. The molecule has 0 saturated heterocycles. The van der Waals surface area contributed by atoms with Gasteiger partial charge in [0.2, 0.25) is 5.89 Å². The van der Waals surface area contributed by atoms with E-state index < -0.39 is 0 Å². The van der Waals surface area contributed by atoms with Crippen LogP contribution < -0.4 is 5.32 Å². The van der Waals surface area contributed by atoms with E-state index in [-0.39, 0.29) is 0 Å². The fourth-order valence-electron chi connectivity index (χ4n) is 1.53. The van der Waals surface area contributed by atoms with Gasteiger partial charge in [0, 0.05) is 11.1 Å². The summed E-state index contributed by atoms with van der Waals surface area (Å²) < 4.78 is 5.20. The summed E-state index contributed by atoms with van der Waals surface area (Å²) in [5, 5.41) is 7.88. The highest BCUT2D eigenvalue weighted by atomic mass is 35.5. The molecule has 18 heavy (non-hydrogen) atoms. The molecule has 0 amide bonds. The lowest BCUT2D eigenvalue weighted by atomic mass is 10.1. The van der Waals surface area contributed by atoms with Crippen molar-refractivity contribution in [1.29, 1.82) is 0 Å². The molecule has 0 aliphatic carbocycles. The highest BCUT2D eigenvalue weighted by Crippen LogP contribution is 2.17. The fraction of sp³-hybridized carbons (Fsp3) is 0.385. The van der Waals surface area contributed by atoms with Crippen molar-refractivity contribution in [3.8, 4) is 0 Å². The van der Waals surface area contributed by atoms with Crippen LogP contribution in [-0.4, -0.2) is 16.2 Å². The summed E-state index contributed by atoms with van der Waals surface area (Å²) in [6.45, 7) is 4.76. The smallest absolute Gasteiger partial charge is 0.231 e. The Hall–Kier alpha value is -1.39. The third kappa shape index (κ3) is 3.55. The maximum absolute atomic E-state index is 6.08. The van der Waals surface area contributed by atoms with Crippen LogP contribution in [0.4, 0.5) is 0 Å². The van der Waals surface area contributed by atoms with Crippen LogP contribution in [0.1, 0.15) is 31.1 Å².